The number of rotatable bonds is 6. The molecule has 10 heteroatoms. The van der Waals surface area contributed by atoms with Crippen molar-refractivity contribution in [3.63, 3.8) is 0 Å². The molecule has 0 aliphatic heterocycles. The van der Waals surface area contributed by atoms with Gasteiger partial charge in [-0.15, -0.1) is 0 Å². The Morgan fingerprint density at radius 1 is 0.791 bits per heavy atom. The largest absolute Gasteiger partial charge is 0.489 e. The van der Waals surface area contributed by atoms with Crippen LogP contribution >= 0.6 is 34.8 Å². The van der Waals surface area contributed by atoms with Gasteiger partial charge in [-0.1, -0.05) is 76.8 Å². The average Bonchev–Trinajstić information content (AvgIpc) is 3.36. The molecule has 4 aromatic carbocycles. The molecule has 0 saturated carbocycles. The van der Waals surface area contributed by atoms with E-state index in [0.29, 0.717) is 37.6 Å². The Morgan fingerprint density at radius 2 is 1.49 bits per heavy atom. The minimum Gasteiger partial charge on any atom is -0.489 e. The van der Waals surface area contributed by atoms with Crippen molar-refractivity contribution in [1.82, 2.24) is 14.8 Å². The van der Waals surface area contributed by atoms with Crippen LogP contribution in [-0.4, -0.2) is 14.8 Å². The van der Waals surface area contributed by atoms with Gasteiger partial charge in [0, 0.05) is 31.8 Å². The van der Waals surface area contributed by atoms with Gasteiger partial charge in [0.2, 0.25) is 0 Å². The van der Waals surface area contributed by atoms with Crippen LogP contribution in [0.3, 0.4) is 0 Å². The number of aryl methyl sites for hydroxylation is 1. The molecule has 2 heterocycles. The van der Waals surface area contributed by atoms with Crippen molar-refractivity contribution in [3.05, 3.63) is 129 Å². The number of pyridine rings is 1. The van der Waals surface area contributed by atoms with Crippen LogP contribution in [0.15, 0.2) is 97.1 Å². The van der Waals surface area contributed by atoms with Gasteiger partial charge in [0.25, 0.3) is 0 Å². The van der Waals surface area contributed by atoms with E-state index in [2.05, 4.69) is 5.10 Å². The Morgan fingerprint density at radius 3 is 2.16 bits per heavy atom. The lowest BCUT2D eigenvalue weighted by Crippen LogP contribution is -2.08. The quantitative estimate of drug-likeness (QED) is 0.182. The summed E-state index contributed by atoms with van der Waals surface area (Å²) in [4.78, 5) is 4.72. The predicted molar refractivity (Wildman–Crippen MR) is 165 cm³/mol. The van der Waals surface area contributed by atoms with Crippen molar-refractivity contribution in [2.75, 3.05) is 0 Å². The summed E-state index contributed by atoms with van der Waals surface area (Å²) in [7, 11) is 0. The lowest BCUT2D eigenvalue weighted by atomic mass is 10.0. The molecular formula is C33H21Cl3F3N3O. The molecule has 6 aromatic rings. The van der Waals surface area contributed by atoms with Crippen LogP contribution in [-0.2, 0) is 12.8 Å². The third kappa shape index (κ3) is 6.07. The number of aromatic nitrogens is 3. The molecule has 0 fully saturated rings. The molecule has 0 radical (unpaired) electrons. The van der Waals surface area contributed by atoms with Crippen LogP contribution in [0.1, 0.15) is 16.7 Å². The standard InChI is InChI=1S/C33H21Cl3F3N3O/c1-19-5-7-21(8-6-19)31-30-27(33(37,38)39)17-29(40-32(30)42(41-31)25-4-2-3-23(34)15-25)20-10-13-26(14-11-20)43-18-22-9-12-24(35)16-28(22)36/h2-17H,18H2,1H3. The van der Waals surface area contributed by atoms with Gasteiger partial charge in [-0.25, -0.2) is 9.67 Å². The minimum atomic E-state index is -4.68. The lowest BCUT2D eigenvalue weighted by molar-refractivity contribution is -0.136. The molecule has 0 saturated heterocycles. The fourth-order valence-electron chi connectivity index (χ4n) is 4.71. The fraction of sp³-hybridized carbons (Fsp3) is 0.0909. The highest BCUT2D eigenvalue weighted by Gasteiger charge is 2.36. The molecule has 0 atom stereocenters. The second-order valence-electron chi connectivity index (χ2n) is 9.91. The molecule has 0 aliphatic rings. The third-order valence-electron chi connectivity index (χ3n) is 6.88. The molecule has 0 N–H and O–H groups in total. The number of alkyl halides is 3. The number of fused-ring (bicyclic) bond motifs is 1. The van der Waals surface area contributed by atoms with Crippen LogP contribution in [0.2, 0.25) is 15.1 Å². The van der Waals surface area contributed by atoms with E-state index in [9.17, 15) is 13.2 Å². The Bertz CT molecular complexity index is 1950. The average molecular weight is 639 g/mol. The summed E-state index contributed by atoms with van der Waals surface area (Å²) in [5, 5.41) is 5.96. The number of hydrogen-bond donors (Lipinski definition) is 0. The molecule has 6 rings (SSSR count). The summed E-state index contributed by atoms with van der Waals surface area (Å²) in [6.45, 7) is 2.10. The first-order valence-electron chi connectivity index (χ1n) is 13.1. The van der Waals surface area contributed by atoms with E-state index in [1.165, 1.54) is 4.68 Å². The summed E-state index contributed by atoms with van der Waals surface area (Å²) in [6, 6.07) is 26.8. The Hall–Kier alpha value is -4.04. The van der Waals surface area contributed by atoms with Crippen LogP contribution in [0, 0.1) is 6.92 Å². The highest BCUT2D eigenvalue weighted by molar-refractivity contribution is 6.35. The van der Waals surface area contributed by atoms with E-state index in [0.717, 1.165) is 17.2 Å². The first-order valence-corrected chi connectivity index (χ1v) is 14.2. The topological polar surface area (TPSA) is 39.9 Å². The number of nitrogens with zero attached hydrogens (tertiary/aromatic N) is 3. The molecule has 0 aliphatic carbocycles. The maximum atomic E-state index is 14.7. The first-order chi connectivity index (χ1) is 20.6. The molecule has 0 amide bonds. The third-order valence-corrected chi connectivity index (χ3v) is 7.70. The molecule has 216 valence electrons. The number of halogens is 6. The van der Waals surface area contributed by atoms with Crippen molar-refractivity contribution in [2.45, 2.75) is 19.7 Å². The van der Waals surface area contributed by atoms with Crippen molar-refractivity contribution in [1.29, 1.82) is 0 Å². The number of ether oxygens (including phenoxy) is 1. The van der Waals surface area contributed by atoms with Crippen LogP contribution in [0.25, 0.3) is 39.2 Å². The molecule has 4 nitrogen and oxygen atoms in total. The molecule has 0 unspecified atom stereocenters. The Kier molecular flexibility index (Phi) is 7.81. The zero-order valence-electron chi connectivity index (χ0n) is 22.5. The van der Waals surface area contributed by atoms with Gasteiger partial charge in [-0.2, -0.15) is 18.3 Å². The van der Waals surface area contributed by atoms with Gasteiger partial charge in [-0.05, 0) is 67.6 Å². The summed E-state index contributed by atoms with van der Waals surface area (Å²) in [6.07, 6.45) is -4.68. The monoisotopic (exact) mass is 637 g/mol. The first kappa shape index (κ1) is 29.1. The van der Waals surface area contributed by atoms with Gasteiger partial charge in [0.05, 0.1) is 22.3 Å². The van der Waals surface area contributed by atoms with Gasteiger partial charge < -0.3 is 4.74 Å². The predicted octanol–water partition coefficient (Wildman–Crippen LogP) is 10.6. The number of hydrogen-bond acceptors (Lipinski definition) is 3. The zero-order chi connectivity index (χ0) is 30.3. The van der Waals surface area contributed by atoms with E-state index >= 15 is 0 Å². The maximum Gasteiger partial charge on any atom is 0.417 e. The highest BCUT2D eigenvalue weighted by atomic mass is 35.5. The second kappa shape index (κ2) is 11.6. The van der Waals surface area contributed by atoms with Gasteiger partial charge in [-0.3, -0.25) is 0 Å². The van der Waals surface area contributed by atoms with E-state index in [1.807, 2.05) is 19.1 Å². The normalized spacial score (nSPS) is 11.7. The smallest absolute Gasteiger partial charge is 0.417 e. The van der Waals surface area contributed by atoms with E-state index in [-0.39, 0.29) is 29.0 Å². The van der Waals surface area contributed by atoms with Crippen LogP contribution in [0.5, 0.6) is 5.75 Å². The van der Waals surface area contributed by atoms with Crippen molar-refractivity contribution >= 4 is 45.8 Å². The van der Waals surface area contributed by atoms with Crippen LogP contribution in [0.4, 0.5) is 13.2 Å². The van der Waals surface area contributed by atoms with Gasteiger partial charge in [0.15, 0.2) is 5.65 Å². The SMILES string of the molecule is Cc1ccc(-c2nn(-c3cccc(Cl)c3)c3nc(-c4ccc(OCc5ccc(Cl)cc5Cl)cc4)cc(C(F)(F)F)c23)cc1. The molecule has 43 heavy (non-hydrogen) atoms. The summed E-state index contributed by atoms with van der Waals surface area (Å²) < 4.78 is 51.4. The number of benzene rings is 4. The lowest BCUT2D eigenvalue weighted by Gasteiger charge is -2.13. The molecular weight excluding hydrogens is 618 g/mol. The van der Waals surface area contributed by atoms with Crippen molar-refractivity contribution in [3.8, 4) is 34.0 Å². The highest BCUT2D eigenvalue weighted by Crippen LogP contribution is 2.42. The van der Waals surface area contributed by atoms with Crippen LogP contribution < -0.4 is 4.74 Å². The second-order valence-corrected chi connectivity index (χ2v) is 11.2. The molecule has 0 bridgehead atoms. The van der Waals surface area contributed by atoms with Crippen molar-refractivity contribution in [2.24, 2.45) is 0 Å². The minimum absolute atomic E-state index is 0.0559. The van der Waals surface area contributed by atoms with Gasteiger partial charge >= 0.3 is 6.18 Å². The van der Waals surface area contributed by atoms with E-state index < -0.39 is 11.7 Å². The molecule has 2 aromatic heterocycles. The van der Waals surface area contributed by atoms with E-state index in [1.54, 1.807) is 78.9 Å². The maximum absolute atomic E-state index is 14.7. The summed E-state index contributed by atoms with van der Waals surface area (Å²) in [5.41, 5.74) is 2.74. The summed E-state index contributed by atoms with van der Waals surface area (Å²) >= 11 is 18.4. The van der Waals surface area contributed by atoms with Gasteiger partial charge in [0.1, 0.15) is 18.1 Å². The zero-order valence-corrected chi connectivity index (χ0v) is 24.7. The van der Waals surface area contributed by atoms with E-state index in [4.69, 9.17) is 44.5 Å². The van der Waals surface area contributed by atoms with Crippen molar-refractivity contribution < 1.29 is 17.9 Å². The summed E-state index contributed by atoms with van der Waals surface area (Å²) in [5.74, 6) is 0.512. The molecule has 0 spiro atoms. The Balaban J connectivity index is 1.46. The fourth-order valence-corrected chi connectivity index (χ4v) is 5.36. The Labute approximate surface area is 260 Å².